The summed E-state index contributed by atoms with van der Waals surface area (Å²) in [6.07, 6.45) is 4.29. The zero-order chi connectivity index (χ0) is 12.0. The van der Waals surface area contributed by atoms with Crippen molar-refractivity contribution in [3.63, 3.8) is 0 Å². The van der Waals surface area contributed by atoms with Crippen molar-refractivity contribution in [3.05, 3.63) is 36.0 Å². The Morgan fingerprint density at radius 1 is 1.41 bits per heavy atom. The zero-order valence-corrected chi connectivity index (χ0v) is 9.81. The molecular formula is C14H15NO2. The summed E-state index contributed by atoms with van der Waals surface area (Å²) in [5, 5.41) is 10.4. The van der Waals surface area contributed by atoms with Crippen LogP contribution in [0.2, 0.25) is 0 Å². The molecule has 1 N–H and O–H groups in total. The van der Waals surface area contributed by atoms with Crippen molar-refractivity contribution in [2.24, 2.45) is 12.5 Å². The first-order chi connectivity index (χ1) is 8.12. The maximum atomic E-state index is 11.2. The lowest BCUT2D eigenvalue weighted by molar-refractivity contribution is -0.143. The molecule has 0 spiro atoms. The Bertz CT molecular complexity index is 593. The predicted molar refractivity (Wildman–Crippen MR) is 65.9 cm³/mol. The summed E-state index contributed by atoms with van der Waals surface area (Å²) in [6, 6.07) is 8.19. The molecule has 0 saturated heterocycles. The van der Waals surface area contributed by atoms with E-state index in [1.54, 1.807) is 0 Å². The molecule has 3 rings (SSSR count). The molecule has 1 aliphatic rings. The van der Waals surface area contributed by atoms with E-state index in [1.165, 1.54) is 10.9 Å². The number of para-hydroxylation sites is 1. The smallest absolute Gasteiger partial charge is 0.309 e. The average molecular weight is 229 g/mol. The number of rotatable bonds is 3. The fourth-order valence-corrected chi connectivity index (χ4v) is 2.57. The van der Waals surface area contributed by atoms with Gasteiger partial charge in [-0.1, -0.05) is 18.2 Å². The summed E-state index contributed by atoms with van der Waals surface area (Å²) in [4.78, 5) is 11.2. The number of aromatic nitrogens is 1. The number of aliphatic carboxylic acids is 1. The Balaban J connectivity index is 2.06. The van der Waals surface area contributed by atoms with Crippen molar-refractivity contribution < 1.29 is 9.90 Å². The van der Waals surface area contributed by atoms with Crippen LogP contribution in [0.25, 0.3) is 10.9 Å². The molecule has 3 nitrogen and oxygen atoms in total. The topological polar surface area (TPSA) is 42.2 Å². The van der Waals surface area contributed by atoms with Gasteiger partial charge in [-0.25, -0.2) is 0 Å². The molecule has 1 aromatic heterocycles. The normalized spacial score (nSPS) is 17.2. The van der Waals surface area contributed by atoms with Gasteiger partial charge in [-0.2, -0.15) is 0 Å². The van der Waals surface area contributed by atoms with Gasteiger partial charge in [-0.15, -0.1) is 0 Å². The van der Waals surface area contributed by atoms with Crippen LogP contribution >= 0.6 is 0 Å². The molecule has 0 bridgehead atoms. The first-order valence-corrected chi connectivity index (χ1v) is 5.89. The standard InChI is InChI=1S/C14H15NO2/c1-15-8-5-10-3-2-4-11(12(10)15)9-14(6-7-14)13(16)17/h2-5,8H,6-7,9H2,1H3,(H,16,17). The Morgan fingerprint density at radius 2 is 2.18 bits per heavy atom. The summed E-state index contributed by atoms with van der Waals surface area (Å²) in [7, 11) is 2.01. The van der Waals surface area contributed by atoms with Gasteiger partial charge in [0.15, 0.2) is 0 Å². The summed E-state index contributed by atoms with van der Waals surface area (Å²) in [6.45, 7) is 0. The van der Waals surface area contributed by atoms with Crippen LogP contribution in [0.15, 0.2) is 30.5 Å². The molecule has 88 valence electrons. The largest absolute Gasteiger partial charge is 0.481 e. The molecule has 1 aliphatic carbocycles. The molecule has 0 aliphatic heterocycles. The number of hydrogen-bond donors (Lipinski definition) is 1. The molecule has 3 heteroatoms. The van der Waals surface area contributed by atoms with Gasteiger partial charge in [0.1, 0.15) is 0 Å². The van der Waals surface area contributed by atoms with E-state index in [0.717, 1.165) is 18.4 Å². The minimum absolute atomic E-state index is 0.488. The highest BCUT2D eigenvalue weighted by Gasteiger charge is 2.50. The predicted octanol–water partition coefficient (Wildman–Crippen LogP) is 2.59. The van der Waals surface area contributed by atoms with E-state index < -0.39 is 11.4 Å². The first-order valence-electron chi connectivity index (χ1n) is 5.89. The number of nitrogens with zero attached hydrogens (tertiary/aromatic N) is 1. The SMILES string of the molecule is Cn1ccc2cccc(CC3(C(=O)O)CC3)c21. The Morgan fingerprint density at radius 3 is 2.82 bits per heavy atom. The summed E-state index contributed by atoms with van der Waals surface area (Å²) in [5.74, 6) is -0.649. The quantitative estimate of drug-likeness (QED) is 0.879. The Kier molecular flexibility index (Phi) is 2.05. The van der Waals surface area contributed by atoms with E-state index in [9.17, 15) is 9.90 Å². The number of carboxylic acid groups (broad SMARTS) is 1. The van der Waals surface area contributed by atoms with E-state index in [4.69, 9.17) is 0 Å². The molecule has 0 amide bonds. The molecule has 0 radical (unpaired) electrons. The van der Waals surface area contributed by atoms with Crippen LogP contribution in [0, 0.1) is 5.41 Å². The van der Waals surface area contributed by atoms with Gasteiger partial charge >= 0.3 is 5.97 Å². The van der Waals surface area contributed by atoms with Gasteiger partial charge < -0.3 is 9.67 Å². The lowest BCUT2D eigenvalue weighted by Gasteiger charge is -2.11. The van der Waals surface area contributed by atoms with Crippen LogP contribution < -0.4 is 0 Å². The van der Waals surface area contributed by atoms with Crippen molar-refractivity contribution >= 4 is 16.9 Å². The highest BCUT2D eigenvalue weighted by Crippen LogP contribution is 2.49. The van der Waals surface area contributed by atoms with E-state index in [-0.39, 0.29) is 0 Å². The number of aryl methyl sites for hydroxylation is 1. The number of carboxylic acids is 1. The van der Waals surface area contributed by atoms with Crippen LogP contribution in [-0.4, -0.2) is 15.6 Å². The van der Waals surface area contributed by atoms with E-state index in [0.29, 0.717) is 6.42 Å². The van der Waals surface area contributed by atoms with Crippen molar-refractivity contribution in [1.82, 2.24) is 4.57 Å². The second kappa shape index (κ2) is 3.36. The third-order valence-electron chi connectivity index (χ3n) is 3.82. The third-order valence-corrected chi connectivity index (χ3v) is 3.82. The monoisotopic (exact) mass is 229 g/mol. The molecule has 0 unspecified atom stereocenters. The summed E-state index contributed by atoms with van der Waals surface area (Å²) < 4.78 is 2.07. The highest BCUT2D eigenvalue weighted by atomic mass is 16.4. The molecule has 1 saturated carbocycles. The van der Waals surface area contributed by atoms with E-state index in [1.807, 2.05) is 25.4 Å². The molecule has 1 aromatic carbocycles. The van der Waals surface area contributed by atoms with Crippen molar-refractivity contribution in [2.75, 3.05) is 0 Å². The Labute approximate surface area is 99.7 Å². The van der Waals surface area contributed by atoms with Crippen molar-refractivity contribution in [3.8, 4) is 0 Å². The highest BCUT2D eigenvalue weighted by molar-refractivity contribution is 5.85. The van der Waals surface area contributed by atoms with Gasteiger partial charge in [0.25, 0.3) is 0 Å². The van der Waals surface area contributed by atoms with Crippen LogP contribution in [0.4, 0.5) is 0 Å². The molecule has 2 aromatic rings. The number of fused-ring (bicyclic) bond motifs is 1. The van der Waals surface area contributed by atoms with Gasteiger partial charge in [0, 0.05) is 13.2 Å². The summed E-state index contributed by atoms with van der Waals surface area (Å²) >= 11 is 0. The second-order valence-corrected chi connectivity index (χ2v) is 5.04. The second-order valence-electron chi connectivity index (χ2n) is 5.04. The van der Waals surface area contributed by atoms with Crippen LogP contribution in [0.5, 0.6) is 0 Å². The maximum Gasteiger partial charge on any atom is 0.309 e. The lowest BCUT2D eigenvalue weighted by atomic mass is 9.95. The molecule has 0 atom stereocenters. The van der Waals surface area contributed by atoms with E-state index in [2.05, 4.69) is 16.7 Å². The molecule has 1 heterocycles. The van der Waals surface area contributed by atoms with E-state index >= 15 is 0 Å². The zero-order valence-electron chi connectivity index (χ0n) is 9.81. The fraction of sp³-hybridized carbons (Fsp3) is 0.357. The van der Waals surface area contributed by atoms with Gasteiger partial charge in [-0.3, -0.25) is 4.79 Å². The van der Waals surface area contributed by atoms with Gasteiger partial charge in [0.05, 0.1) is 10.9 Å². The number of benzene rings is 1. The fourth-order valence-electron chi connectivity index (χ4n) is 2.57. The molecule has 1 fully saturated rings. The maximum absolute atomic E-state index is 11.2. The number of carbonyl (C=O) groups is 1. The molecular weight excluding hydrogens is 214 g/mol. The molecule has 17 heavy (non-hydrogen) atoms. The lowest BCUT2D eigenvalue weighted by Crippen LogP contribution is -2.17. The first kappa shape index (κ1) is 10.4. The van der Waals surface area contributed by atoms with Crippen LogP contribution in [0.1, 0.15) is 18.4 Å². The minimum atomic E-state index is -0.649. The number of hydrogen-bond acceptors (Lipinski definition) is 1. The van der Waals surface area contributed by atoms with Gasteiger partial charge in [0.2, 0.25) is 0 Å². The Hall–Kier alpha value is -1.77. The van der Waals surface area contributed by atoms with Crippen molar-refractivity contribution in [2.45, 2.75) is 19.3 Å². The van der Waals surface area contributed by atoms with Crippen molar-refractivity contribution in [1.29, 1.82) is 0 Å². The van der Waals surface area contributed by atoms with Crippen LogP contribution in [0.3, 0.4) is 0 Å². The summed E-state index contributed by atoms with van der Waals surface area (Å²) in [5.41, 5.74) is 1.83. The minimum Gasteiger partial charge on any atom is -0.481 e. The van der Waals surface area contributed by atoms with Gasteiger partial charge in [-0.05, 0) is 36.3 Å². The third kappa shape index (κ3) is 1.54. The van der Waals surface area contributed by atoms with Crippen LogP contribution in [-0.2, 0) is 18.3 Å². The average Bonchev–Trinajstić information content (AvgIpc) is 2.98.